The number of hydrogen-bond acceptors (Lipinski definition) is 2. The number of halogens is 1. The lowest BCUT2D eigenvalue weighted by atomic mass is 9.97. The highest BCUT2D eigenvalue weighted by Gasteiger charge is 2.17. The summed E-state index contributed by atoms with van der Waals surface area (Å²) in [5.41, 5.74) is 1.93. The van der Waals surface area contributed by atoms with E-state index in [0.29, 0.717) is 16.9 Å². The SMILES string of the molecule is CC(C)C[C@@H](Cc1ccccc1)NC(=O)c1cnc2c(F)cccc2c1.S. The molecule has 0 radical (unpaired) electrons. The maximum atomic E-state index is 13.8. The van der Waals surface area contributed by atoms with Gasteiger partial charge >= 0.3 is 0 Å². The summed E-state index contributed by atoms with van der Waals surface area (Å²) >= 11 is 0. The van der Waals surface area contributed by atoms with Crippen molar-refractivity contribution in [1.29, 1.82) is 0 Å². The van der Waals surface area contributed by atoms with Gasteiger partial charge in [-0.2, -0.15) is 13.5 Å². The predicted molar refractivity (Wildman–Crippen MR) is 113 cm³/mol. The zero-order valence-corrected chi connectivity index (χ0v) is 16.6. The summed E-state index contributed by atoms with van der Waals surface area (Å²) in [6.45, 7) is 4.29. The van der Waals surface area contributed by atoms with Crippen LogP contribution in [0.1, 0.15) is 36.2 Å². The third-order valence-corrected chi connectivity index (χ3v) is 4.34. The summed E-state index contributed by atoms with van der Waals surface area (Å²) in [5.74, 6) is -0.0886. The van der Waals surface area contributed by atoms with E-state index >= 15 is 0 Å². The molecular weight excluding hydrogens is 359 g/mol. The molecule has 3 aromatic rings. The smallest absolute Gasteiger partial charge is 0.253 e. The van der Waals surface area contributed by atoms with Crippen LogP contribution in [0, 0.1) is 11.7 Å². The van der Waals surface area contributed by atoms with Crippen LogP contribution in [0.2, 0.25) is 0 Å². The summed E-state index contributed by atoms with van der Waals surface area (Å²) in [6.07, 6.45) is 3.10. The molecule has 5 heteroatoms. The largest absolute Gasteiger partial charge is 0.349 e. The van der Waals surface area contributed by atoms with Gasteiger partial charge in [0.05, 0.1) is 5.56 Å². The molecule has 0 saturated carbocycles. The Kier molecular flexibility index (Phi) is 7.36. The highest BCUT2D eigenvalue weighted by molar-refractivity contribution is 7.59. The number of benzene rings is 2. The Bertz CT molecular complexity index is 899. The number of para-hydroxylation sites is 1. The number of carbonyl (C=O) groups is 1. The molecule has 0 bridgehead atoms. The molecule has 1 amide bonds. The van der Waals surface area contributed by atoms with Crippen molar-refractivity contribution in [3.8, 4) is 0 Å². The van der Waals surface area contributed by atoms with Crippen LogP contribution < -0.4 is 5.32 Å². The van der Waals surface area contributed by atoms with Gasteiger partial charge in [-0.3, -0.25) is 9.78 Å². The summed E-state index contributed by atoms with van der Waals surface area (Å²) in [7, 11) is 0. The molecule has 0 aliphatic heterocycles. The lowest BCUT2D eigenvalue weighted by Crippen LogP contribution is -2.37. The van der Waals surface area contributed by atoms with Gasteiger partial charge in [-0.25, -0.2) is 4.39 Å². The first-order valence-corrected chi connectivity index (χ1v) is 8.92. The van der Waals surface area contributed by atoms with E-state index in [-0.39, 0.29) is 36.8 Å². The van der Waals surface area contributed by atoms with Crippen LogP contribution in [0.5, 0.6) is 0 Å². The van der Waals surface area contributed by atoms with Crippen LogP contribution in [0.25, 0.3) is 10.9 Å². The Balaban J connectivity index is 0.00000261. The molecule has 0 saturated heterocycles. The van der Waals surface area contributed by atoms with Crippen molar-refractivity contribution in [3.05, 3.63) is 77.7 Å². The lowest BCUT2D eigenvalue weighted by Gasteiger charge is -2.21. The third-order valence-electron chi connectivity index (χ3n) is 4.34. The van der Waals surface area contributed by atoms with E-state index in [9.17, 15) is 9.18 Å². The van der Waals surface area contributed by atoms with E-state index in [4.69, 9.17) is 0 Å². The van der Waals surface area contributed by atoms with Gasteiger partial charge in [0.1, 0.15) is 11.3 Å². The third kappa shape index (κ3) is 5.54. The molecule has 1 aromatic heterocycles. The van der Waals surface area contributed by atoms with Crippen molar-refractivity contribution in [2.75, 3.05) is 0 Å². The van der Waals surface area contributed by atoms with Crippen molar-refractivity contribution in [2.24, 2.45) is 5.92 Å². The van der Waals surface area contributed by atoms with Crippen molar-refractivity contribution in [3.63, 3.8) is 0 Å². The topological polar surface area (TPSA) is 42.0 Å². The van der Waals surface area contributed by atoms with E-state index in [1.54, 1.807) is 18.2 Å². The van der Waals surface area contributed by atoms with E-state index in [2.05, 4.69) is 36.3 Å². The highest BCUT2D eigenvalue weighted by atomic mass is 32.1. The van der Waals surface area contributed by atoms with E-state index in [1.165, 1.54) is 17.8 Å². The first-order chi connectivity index (χ1) is 12.5. The van der Waals surface area contributed by atoms with Gasteiger partial charge in [0, 0.05) is 17.6 Å². The van der Waals surface area contributed by atoms with Crippen molar-refractivity contribution >= 4 is 30.3 Å². The zero-order chi connectivity index (χ0) is 18.5. The average molecular weight is 385 g/mol. The molecule has 1 heterocycles. The number of fused-ring (bicyclic) bond motifs is 1. The standard InChI is InChI=1S/C22H23FN2O.H2S/c1-15(2)11-19(12-16-7-4-3-5-8-16)25-22(26)18-13-17-9-6-10-20(23)21(17)24-14-18;/h3-10,13-15,19H,11-12H2,1-2H3,(H,25,26);1H2/t19-;/m0./s1. The van der Waals surface area contributed by atoms with Gasteiger partial charge in [0.2, 0.25) is 0 Å². The normalized spacial score (nSPS) is 11.9. The lowest BCUT2D eigenvalue weighted by molar-refractivity contribution is 0.0932. The fourth-order valence-corrected chi connectivity index (χ4v) is 3.18. The van der Waals surface area contributed by atoms with Crippen LogP contribution in [-0.2, 0) is 6.42 Å². The number of nitrogens with zero attached hydrogens (tertiary/aromatic N) is 1. The fraction of sp³-hybridized carbons (Fsp3) is 0.273. The predicted octanol–water partition coefficient (Wildman–Crippen LogP) is 4.87. The molecule has 0 aliphatic rings. The Morgan fingerprint density at radius 2 is 1.85 bits per heavy atom. The molecule has 0 aliphatic carbocycles. The van der Waals surface area contributed by atoms with Crippen molar-refractivity contribution < 1.29 is 9.18 Å². The zero-order valence-electron chi connectivity index (χ0n) is 15.6. The highest BCUT2D eigenvalue weighted by Crippen LogP contribution is 2.17. The molecule has 0 unspecified atom stereocenters. The second-order valence-corrected chi connectivity index (χ2v) is 7.03. The van der Waals surface area contributed by atoms with Crippen LogP contribution in [0.15, 0.2) is 60.8 Å². The molecule has 1 N–H and O–H groups in total. The molecule has 1 atom stereocenters. The molecule has 142 valence electrons. The van der Waals surface area contributed by atoms with Gasteiger partial charge in [0.25, 0.3) is 5.91 Å². The van der Waals surface area contributed by atoms with Gasteiger partial charge in [-0.05, 0) is 36.5 Å². The molecule has 0 fully saturated rings. The van der Waals surface area contributed by atoms with Crippen molar-refractivity contribution in [1.82, 2.24) is 10.3 Å². The van der Waals surface area contributed by atoms with Crippen LogP contribution in [-0.4, -0.2) is 16.9 Å². The number of hydrogen-bond donors (Lipinski definition) is 1. The quantitative estimate of drug-likeness (QED) is 0.658. The molecule has 3 nitrogen and oxygen atoms in total. The summed E-state index contributed by atoms with van der Waals surface area (Å²) in [5, 5.41) is 3.75. The molecule has 3 rings (SSSR count). The van der Waals surface area contributed by atoms with E-state index < -0.39 is 0 Å². The Morgan fingerprint density at radius 3 is 2.56 bits per heavy atom. The van der Waals surface area contributed by atoms with Crippen molar-refractivity contribution in [2.45, 2.75) is 32.7 Å². The second kappa shape index (κ2) is 9.51. The molecular formula is C22H25FN2OS. The van der Waals surface area contributed by atoms with Gasteiger partial charge in [-0.15, -0.1) is 0 Å². The number of pyridine rings is 1. The van der Waals surface area contributed by atoms with Crippen LogP contribution in [0.4, 0.5) is 4.39 Å². The van der Waals surface area contributed by atoms with Gasteiger partial charge in [0.15, 0.2) is 0 Å². The number of amides is 1. The minimum atomic E-state index is -0.378. The maximum Gasteiger partial charge on any atom is 0.253 e. The second-order valence-electron chi connectivity index (χ2n) is 7.03. The molecule has 2 aromatic carbocycles. The molecule has 0 spiro atoms. The van der Waals surface area contributed by atoms with Crippen LogP contribution in [0.3, 0.4) is 0 Å². The number of rotatable bonds is 6. The Labute approximate surface area is 166 Å². The van der Waals surface area contributed by atoms with E-state index in [0.717, 1.165) is 12.8 Å². The Hall–Kier alpha value is -2.40. The first kappa shape index (κ1) is 20.9. The number of aromatic nitrogens is 1. The summed E-state index contributed by atoms with van der Waals surface area (Å²) in [4.78, 5) is 16.8. The number of carbonyl (C=O) groups excluding carboxylic acids is 1. The summed E-state index contributed by atoms with van der Waals surface area (Å²) < 4.78 is 13.8. The fourth-order valence-electron chi connectivity index (χ4n) is 3.18. The van der Waals surface area contributed by atoms with Gasteiger partial charge in [-0.1, -0.05) is 56.3 Å². The minimum absolute atomic E-state index is 0. The maximum absolute atomic E-state index is 13.8. The van der Waals surface area contributed by atoms with Gasteiger partial charge < -0.3 is 5.32 Å². The Morgan fingerprint density at radius 1 is 1.11 bits per heavy atom. The van der Waals surface area contributed by atoms with E-state index in [1.807, 2.05) is 18.2 Å². The van der Waals surface area contributed by atoms with Crippen LogP contribution >= 0.6 is 13.5 Å². The monoisotopic (exact) mass is 384 g/mol. The minimum Gasteiger partial charge on any atom is -0.349 e. The molecule has 27 heavy (non-hydrogen) atoms. The number of nitrogens with one attached hydrogen (secondary N) is 1. The average Bonchev–Trinajstić information content (AvgIpc) is 2.62. The summed E-state index contributed by atoms with van der Waals surface area (Å²) in [6, 6.07) is 16.6. The first-order valence-electron chi connectivity index (χ1n) is 8.92.